The monoisotopic (exact) mass is 324 g/mol. The van der Waals surface area contributed by atoms with Gasteiger partial charge in [-0.3, -0.25) is 0 Å². The van der Waals surface area contributed by atoms with Crippen molar-refractivity contribution in [3.05, 3.63) is 54.6 Å². The van der Waals surface area contributed by atoms with E-state index in [-0.39, 0.29) is 0 Å². The number of aryl methyl sites for hydroxylation is 1. The Balaban J connectivity index is 1.67. The molecule has 4 aromatic rings. The maximum Gasteiger partial charge on any atom is 0.237 e. The number of thioether (sulfide) groups is 1. The van der Waals surface area contributed by atoms with E-state index in [2.05, 4.69) is 25.2 Å². The van der Waals surface area contributed by atoms with Crippen molar-refractivity contribution in [2.24, 2.45) is 0 Å². The van der Waals surface area contributed by atoms with Gasteiger partial charge in [0, 0.05) is 0 Å². The number of benzene rings is 1. The molecule has 0 bridgehead atoms. The van der Waals surface area contributed by atoms with Crippen LogP contribution in [0.5, 0.6) is 0 Å². The lowest BCUT2D eigenvalue weighted by Gasteiger charge is -2.03. The van der Waals surface area contributed by atoms with E-state index >= 15 is 0 Å². The van der Waals surface area contributed by atoms with Gasteiger partial charge in [-0.2, -0.15) is 10.1 Å². The van der Waals surface area contributed by atoms with Crippen LogP contribution in [0.4, 0.5) is 0 Å². The van der Waals surface area contributed by atoms with Crippen molar-refractivity contribution >= 4 is 22.8 Å². The number of hydrogen-bond acceptors (Lipinski definition) is 7. The molecule has 0 amide bonds. The van der Waals surface area contributed by atoms with Crippen LogP contribution in [-0.4, -0.2) is 29.9 Å². The third kappa shape index (κ3) is 2.68. The predicted octanol–water partition coefficient (Wildman–Crippen LogP) is 2.80. The molecule has 0 aliphatic rings. The van der Waals surface area contributed by atoms with Gasteiger partial charge in [0.05, 0.1) is 23.0 Å². The second-order valence-corrected chi connectivity index (χ2v) is 5.80. The van der Waals surface area contributed by atoms with E-state index in [1.165, 1.54) is 11.8 Å². The number of fused-ring (bicyclic) bond motifs is 1. The highest BCUT2D eigenvalue weighted by Gasteiger charge is 2.12. The minimum absolute atomic E-state index is 0.559. The summed E-state index contributed by atoms with van der Waals surface area (Å²) in [6.45, 7) is 1.80. The third-order valence-electron chi connectivity index (χ3n) is 3.23. The Morgan fingerprint density at radius 1 is 1.17 bits per heavy atom. The highest BCUT2D eigenvalue weighted by atomic mass is 32.2. The van der Waals surface area contributed by atoms with Gasteiger partial charge in [0.1, 0.15) is 11.4 Å². The van der Waals surface area contributed by atoms with Gasteiger partial charge in [0.15, 0.2) is 11.5 Å². The molecule has 114 valence electrons. The zero-order valence-corrected chi connectivity index (χ0v) is 13.1. The molecule has 0 saturated carbocycles. The van der Waals surface area contributed by atoms with Crippen molar-refractivity contribution in [2.75, 3.05) is 0 Å². The smallest absolute Gasteiger partial charge is 0.237 e. The standard InChI is InChI=1S/C15H12N6OS/c1-10-19-13(22-20-10)8-23-15-12-7-18-21(14(12)16-9-17-15)11-5-3-2-4-6-11/h2-7,9H,8H2,1H3. The molecule has 8 heteroatoms. The molecule has 7 nitrogen and oxygen atoms in total. The number of aromatic nitrogens is 6. The molecule has 23 heavy (non-hydrogen) atoms. The van der Waals surface area contributed by atoms with E-state index in [1.807, 2.05) is 30.3 Å². The van der Waals surface area contributed by atoms with Crippen LogP contribution in [0, 0.1) is 6.92 Å². The molecule has 3 aromatic heterocycles. The van der Waals surface area contributed by atoms with E-state index in [0.29, 0.717) is 17.5 Å². The van der Waals surface area contributed by atoms with Crippen LogP contribution in [0.2, 0.25) is 0 Å². The summed E-state index contributed by atoms with van der Waals surface area (Å²) in [7, 11) is 0. The fourth-order valence-corrected chi connectivity index (χ4v) is 3.02. The number of nitrogens with zero attached hydrogens (tertiary/aromatic N) is 6. The molecule has 0 fully saturated rings. The van der Waals surface area contributed by atoms with Crippen molar-refractivity contribution in [1.82, 2.24) is 29.9 Å². The Morgan fingerprint density at radius 2 is 2.04 bits per heavy atom. The average molecular weight is 324 g/mol. The molecule has 0 aliphatic heterocycles. The zero-order valence-electron chi connectivity index (χ0n) is 12.2. The molecule has 0 radical (unpaired) electrons. The predicted molar refractivity (Wildman–Crippen MR) is 85.3 cm³/mol. The Hall–Kier alpha value is -2.74. The van der Waals surface area contributed by atoms with Crippen molar-refractivity contribution in [1.29, 1.82) is 0 Å². The molecule has 1 aromatic carbocycles. The molecule has 0 atom stereocenters. The van der Waals surface area contributed by atoms with E-state index in [0.717, 1.165) is 21.7 Å². The van der Waals surface area contributed by atoms with E-state index in [9.17, 15) is 0 Å². The molecule has 0 spiro atoms. The average Bonchev–Trinajstić information content (AvgIpc) is 3.20. The van der Waals surface area contributed by atoms with Gasteiger partial charge in [-0.05, 0) is 19.1 Å². The first kappa shape index (κ1) is 13.9. The minimum atomic E-state index is 0.559. The lowest BCUT2D eigenvalue weighted by molar-refractivity contribution is 0.387. The quantitative estimate of drug-likeness (QED) is 0.421. The van der Waals surface area contributed by atoms with Gasteiger partial charge in [0.2, 0.25) is 5.89 Å². The fourth-order valence-electron chi connectivity index (χ4n) is 2.22. The largest absolute Gasteiger partial charge is 0.338 e. The van der Waals surface area contributed by atoms with Crippen molar-refractivity contribution in [3.8, 4) is 5.69 Å². The third-order valence-corrected chi connectivity index (χ3v) is 4.22. The SMILES string of the molecule is Cc1noc(CSc2ncnc3c2cnn3-c2ccccc2)n1. The van der Waals surface area contributed by atoms with Gasteiger partial charge in [-0.25, -0.2) is 14.6 Å². The Bertz CT molecular complexity index is 949. The minimum Gasteiger partial charge on any atom is -0.338 e. The first-order valence-electron chi connectivity index (χ1n) is 6.97. The second kappa shape index (κ2) is 5.81. The summed E-state index contributed by atoms with van der Waals surface area (Å²) in [6, 6.07) is 9.89. The molecule has 3 heterocycles. The number of hydrogen-bond donors (Lipinski definition) is 0. The van der Waals surface area contributed by atoms with Gasteiger partial charge < -0.3 is 4.52 Å². The zero-order chi connectivity index (χ0) is 15.6. The van der Waals surface area contributed by atoms with Crippen LogP contribution in [0.1, 0.15) is 11.7 Å². The number of rotatable bonds is 4. The first-order valence-corrected chi connectivity index (χ1v) is 7.96. The highest BCUT2D eigenvalue weighted by Crippen LogP contribution is 2.27. The second-order valence-electron chi connectivity index (χ2n) is 4.83. The summed E-state index contributed by atoms with van der Waals surface area (Å²) in [5, 5.41) is 9.96. The van der Waals surface area contributed by atoms with Gasteiger partial charge in [-0.15, -0.1) is 0 Å². The fraction of sp³-hybridized carbons (Fsp3) is 0.133. The Kier molecular flexibility index (Phi) is 3.51. The van der Waals surface area contributed by atoms with Crippen LogP contribution < -0.4 is 0 Å². The van der Waals surface area contributed by atoms with Crippen LogP contribution in [0.25, 0.3) is 16.7 Å². The Labute approximate surface area is 135 Å². The van der Waals surface area contributed by atoms with Gasteiger partial charge in [0.25, 0.3) is 0 Å². The summed E-state index contributed by atoms with van der Waals surface area (Å²) in [5.74, 6) is 1.77. The molecule has 0 unspecified atom stereocenters. The lowest BCUT2D eigenvalue weighted by Crippen LogP contribution is -1.97. The van der Waals surface area contributed by atoms with Crippen LogP contribution in [-0.2, 0) is 5.75 Å². The molecular formula is C15H12N6OS. The first-order chi connectivity index (χ1) is 11.3. The van der Waals surface area contributed by atoms with Gasteiger partial charge >= 0.3 is 0 Å². The summed E-state index contributed by atoms with van der Waals surface area (Å²) in [6.07, 6.45) is 3.33. The normalized spacial score (nSPS) is 11.2. The summed E-state index contributed by atoms with van der Waals surface area (Å²) in [5.41, 5.74) is 1.74. The van der Waals surface area contributed by atoms with Crippen LogP contribution in [0.3, 0.4) is 0 Å². The summed E-state index contributed by atoms with van der Waals surface area (Å²) < 4.78 is 6.93. The van der Waals surface area contributed by atoms with Crippen molar-refractivity contribution < 1.29 is 4.52 Å². The molecule has 4 rings (SSSR count). The molecule has 0 N–H and O–H groups in total. The maximum absolute atomic E-state index is 5.13. The number of para-hydroxylation sites is 1. The summed E-state index contributed by atoms with van der Waals surface area (Å²) >= 11 is 1.52. The van der Waals surface area contributed by atoms with Gasteiger partial charge in [-0.1, -0.05) is 35.1 Å². The molecule has 0 aliphatic carbocycles. The van der Waals surface area contributed by atoms with E-state index in [1.54, 1.807) is 24.1 Å². The van der Waals surface area contributed by atoms with E-state index < -0.39 is 0 Å². The van der Waals surface area contributed by atoms with Crippen LogP contribution in [0.15, 0.2) is 52.4 Å². The van der Waals surface area contributed by atoms with E-state index in [4.69, 9.17) is 4.52 Å². The molecular weight excluding hydrogens is 312 g/mol. The maximum atomic E-state index is 5.13. The lowest BCUT2D eigenvalue weighted by atomic mass is 10.3. The topological polar surface area (TPSA) is 82.5 Å². The van der Waals surface area contributed by atoms with Crippen molar-refractivity contribution in [3.63, 3.8) is 0 Å². The summed E-state index contributed by atoms with van der Waals surface area (Å²) in [4.78, 5) is 12.9. The van der Waals surface area contributed by atoms with Crippen molar-refractivity contribution in [2.45, 2.75) is 17.7 Å². The highest BCUT2D eigenvalue weighted by molar-refractivity contribution is 7.98. The van der Waals surface area contributed by atoms with Crippen LogP contribution >= 0.6 is 11.8 Å². The molecule has 0 saturated heterocycles. The Morgan fingerprint density at radius 3 is 2.83 bits per heavy atom.